The second-order valence-corrected chi connectivity index (χ2v) is 8.55. The van der Waals surface area contributed by atoms with Gasteiger partial charge in [-0.2, -0.15) is 5.10 Å². The first-order valence-corrected chi connectivity index (χ1v) is 11.6. The Labute approximate surface area is 197 Å². The first-order valence-electron chi connectivity index (χ1n) is 11.6. The molecule has 8 heteroatoms. The molecule has 0 spiro atoms. The fraction of sp³-hybridized carbons (Fsp3) is 0.346. The highest BCUT2D eigenvalue weighted by molar-refractivity contribution is 6.06. The van der Waals surface area contributed by atoms with Gasteiger partial charge in [0.2, 0.25) is 5.91 Å². The van der Waals surface area contributed by atoms with Crippen LogP contribution in [0.2, 0.25) is 0 Å². The molecule has 1 fully saturated rings. The summed E-state index contributed by atoms with van der Waals surface area (Å²) < 4.78 is 18.7. The minimum absolute atomic E-state index is 0.102. The van der Waals surface area contributed by atoms with Gasteiger partial charge in [-0.25, -0.2) is 4.39 Å². The minimum atomic E-state index is -0.402. The second-order valence-electron chi connectivity index (χ2n) is 8.55. The lowest BCUT2D eigenvalue weighted by molar-refractivity contribution is -0.120. The topological polar surface area (TPSA) is 96.1 Å². The Kier molecular flexibility index (Phi) is 7.57. The molecule has 34 heavy (non-hydrogen) atoms. The van der Waals surface area contributed by atoms with E-state index in [1.54, 1.807) is 36.4 Å². The number of ether oxygens (including phenoxy) is 1. The van der Waals surface area contributed by atoms with E-state index < -0.39 is 5.91 Å². The average molecular weight is 465 g/mol. The van der Waals surface area contributed by atoms with E-state index in [4.69, 9.17) is 4.74 Å². The van der Waals surface area contributed by atoms with Crippen LogP contribution in [0.3, 0.4) is 0 Å². The van der Waals surface area contributed by atoms with Crippen molar-refractivity contribution in [2.75, 3.05) is 20.2 Å². The molecule has 2 amide bonds. The molecule has 0 saturated heterocycles. The summed E-state index contributed by atoms with van der Waals surface area (Å²) in [5.74, 6) is -0.0164. The molecular formula is C26H29FN4O3. The number of hydrogen-bond acceptors (Lipinski definition) is 4. The van der Waals surface area contributed by atoms with Crippen LogP contribution >= 0.6 is 0 Å². The molecule has 0 bridgehead atoms. The molecular weight excluding hydrogens is 435 g/mol. The molecule has 1 heterocycles. The lowest BCUT2D eigenvalue weighted by atomic mass is 9.89. The van der Waals surface area contributed by atoms with E-state index in [9.17, 15) is 14.0 Å². The maximum atomic E-state index is 13.1. The normalized spacial score (nSPS) is 14.4. The summed E-state index contributed by atoms with van der Waals surface area (Å²) in [5.41, 5.74) is 2.41. The number of nitrogens with zero attached hydrogens (tertiary/aromatic N) is 1. The Hall–Kier alpha value is -3.68. The number of aromatic amines is 1. The number of hydrogen-bond donors (Lipinski definition) is 3. The summed E-state index contributed by atoms with van der Waals surface area (Å²) in [7, 11) is 1.49. The summed E-state index contributed by atoms with van der Waals surface area (Å²) in [6.45, 7) is 0.554. The number of amides is 2. The van der Waals surface area contributed by atoms with E-state index >= 15 is 0 Å². The van der Waals surface area contributed by atoms with Crippen LogP contribution in [0.1, 0.15) is 53.7 Å². The molecule has 1 aliphatic carbocycles. The maximum Gasteiger partial charge on any atom is 0.255 e. The molecule has 2 aromatic carbocycles. The van der Waals surface area contributed by atoms with Crippen molar-refractivity contribution in [2.24, 2.45) is 5.92 Å². The Balaban J connectivity index is 1.45. The third-order valence-electron chi connectivity index (χ3n) is 6.19. The van der Waals surface area contributed by atoms with Crippen LogP contribution in [0.15, 0.2) is 36.4 Å². The third-order valence-corrected chi connectivity index (χ3v) is 6.19. The quantitative estimate of drug-likeness (QED) is 0.463. The van der Waals surface area contributed by atoms with Gasteiger partial charge in [0.25, 0.3) is 5.91 Å². The number of benzene rings is 2. The number of carbonyl (C=O) groups excluding carboxylic acids is 2. The predicted molar refractivity (Wildman–Crippen MR) is 130 cm³/mol. The number of fused-ring (bicyclic) bond motifs is 1. The number of halogens is 1. The zero-order chi connectivity index (χ0) is 23.9. The minimum Gasteiger partial charge on any atom is -0.495 e. The fourth-order valence-corrected chi connectivity index (χ4v) is 4.33. The smallest absolute Gasteiger partial charge is 0.255 e. The van der Waals surface area contributed by atoms with Gasteiger partial charge in [-0.15, -0.1) is 0 Å². The van der Waals surface area contributed by atoms with Gasteiger partial charge in [-0.3, -0.25) is 14.7 Å². The SMILES string of the molecule is COc1c(C(=O)NCC(=O)NCC2CCCCC2)ccc2[nH]nc(C=Cc3ccc(F)cc3)c12. The van der Waals surface area contributed by atoms with Crippen molar-refractivity contribution in [1.29, 1.82) is 0 Å². The van der Waals surface area contributed by atoms with Crippen LogP contribution in [-0.4, -0.2) is 42.2 Å². The van der Waals surface area contributed by atoms with Crippen LogP contribution in [0.4, 0.5) is 4.39 Å². The van der Waals surface area contributed by atoms with Crippen molar-refractivity contribution in [3.05, 3.63) is 59.0 Å². The van der Waals surface area contributed by atoms with Gasteiger partial charge in [-0.05, 0) is 54.7 Å². The van der Waals surface area contributed by atoms with Crippen LogP contribution in [0.5, 0.6) is 5.75 Å². The lowest BCUT2D eigenvalue weighted by Gasteiger charge is -2.21. The third kappa shape index (κ3) is 5.62. The number of nitrogens with one attached hydrogen (secondary N) is 3. The largest absolute Gasteiger partial charge is 0.495 e. The van der Waals surface area contributed by atoms with E-state index in [1.807, 2.05) is 0 Å². The molecule has 3 aromatic rings. The van der Waals surface area contributed by atoms with Gasteiger partial charge < -0.3 is 15.4 Å². The summed E-state index contributed by atoms with van der Waals surface area (Å²) in [5, 5.41) is 13.5. The van der Waals surface area contributed by atoms with E-state index in [-0.39, 0.29) is 18.3 Å². The standard InChI is InChI=1S/C26H29FN4O3/c1-34-25-20(26(33)29-16-23(32)28-15-18-5-3-2-4-6-18)12-14-22-24(25)21(30-31-22)13-9-17-7-10-19(27)11-8-17/h7-14,18H,2-6,15-16H2,1H3,(H,28,32)(H,29,33)(H,30,31). The molecule has 0 aliphatic heterocycles. The maximum absolute atomic E-state index is 13.1. The van der Waals surface area contributed by atoms with Crippen molar-refractivity contribution in [3.8, 4) is 5.75 Å². The number of methoxy groups -OCH3 is 1. The predicted octanol–water partition coefficient (Wildman–Crippen LogP) is 4.31. The van der Waals surface area contributed by atoms with E-state index in [1.165, 1.54) is 38.5 Å². The second kappa shape index (κ2) is 11.0. The number of aromatic nitrogens is 2. The van der Waals surface area contributed by atoms with Crippen molar-refractivity contribution < 1.29 is 18.7 Å². The summed E-state index contributed by atoms with van der Waals surface area (Å²) >= 11 is 0. The zero-order valence-electron chi connectivity index (χ0n) is 19.2. The van der Waals surface area contributed by atoms with Crippen molar-refractivity contribution in [2.45, 2.75) is 32.1 Å². The molecule has 1 aliphatic rings. The number of rotatable bonds is 8. The summed E-state index contributed by atoms with van der Waals surface area (Å²) in [6.07, 6.45) is 9.57. The molecule has 0 atom stereocenters. The Morgan fingerprint density at radius 1 is 1.09 bits per heavy atom. The first kappa shape index (κ1) is 23.5. The highest BCUT2D eigenvalue weighted by Crippen LogP contribution is 2.32. The molecule has 178 valence electrons. The first-order chi connectivity index (χ1) is 16.5. The molecule has 3 N–H and O–H groups in total. The number of H-pyrrole nitrogens is 1. The average Bonchev–Trinajstić information content (AvgIpc) is 3.29. The van der Waals surface area contributed by atoms with Gasteiger partial charge in [0.05, 0.1) is 35.8 Å². The van der Waals surface area contributed by atoms with Crippen molar-refractivity contribution in [3.63, 3.8) is 0 Å². The van der Waals surface area contributed by atoms with Gasteiger partial charge in [0.1, 0.15) is 11.6 Å². The van der Waals surface area contributed by atoms with Gasteiger partial charge >= 0.3 is 0 Å². The van der Waals surface area contributed by atoms with Gasteiger partial charge in [0, 0.05) is 6.54 Å². The molecule has 0 radical (unpaired) electrons. The lowest BCUT2D eigenvalue weighted by Crippen LogP contribution is -2.39. The highest BCUT2D eigenvalue weighted by atomic mass is 19.1. The van der Waals surface area contributed by atoms with E-state index in [0.717, 1.165) is 18.4 Å². The molecule has 7 nitrogen and oxygen atoms in total. The van der Waals surface area contributed by atoms with Crippen LogP contribution in [0.25, 0.3) is 23.1 Å². The van der Waals surface area contributed by atoms with Crippen molar-refractivity contribution >= 4 is 34.9 Å². The van der Waals surface area contributed by atoms with Crippen molar-refractivity contribution in [1.82, 2.24) is 20.8 Å². The van der Waals surface area contributed by atoms with Gasteiger partial charge in [-0.1, -0.05) is 37.5 Å². The Morgan fingerprint density at radius 3 is 2.59 bits per heavy atom. The van der Waals surface area contributed by atoms with E-state index in [2.05, 4.69) is 20.8 Å². The summed E-state index contributed by atoms with van der Waals surface area (Å²) in [4.78, 5) is 25.1. The summed E-state index contributed by atoms with van der Waals surface area (Å²) in [6, 6.07) is 9.49. The zero-order valence-corrected chi connectivity index (χ0v) is 19.2. The van der Waals surface area contributed by atoms with Crippen LogP contribution in [-0.2, 0) is 4.79 Å². The Bertz CT molecular complexity index is 1180. The Morgan fingerprint density at radius 2 is 1.85 bits per heavy atom. The van der Waals surface area contributed by atoms with Crippen LogP contribution < -0.4 is 15.4 Å². The monoisotopic (exact) mass is 464 g/mol. The highest BCUT2D eigenvalue weighted by Gasteiger charge is 2.20. The number of carbonyl (C=O) groups is 2. The molecule has 4 rings (SSSR count). The molecule has 1 saturated carbocycles. The van der Waals surface area contributed by atoms with Gasteiger partial charge in [0.15, 0.2) is 0 Å². The molecule has 0 unspecified atom stereocenters. The fourth-order valence-electron chi connectivity index (χ4n) is 4.33. The van der Waals surface area contributed by atoms with E-state index in [0.29, 0.717) is 40.4 Å². The molecule has 1 aromatic heterocycles. The van der Waals surface area contributed by atoms with Crippen LogP contribution in [0, 0.1) is 11.7 Å².